The van der Waals surface area contributed by atoms with Gasteiger partial charge in [-0.3, -0.25) is 0 Å². The molecule has 1 saturated carbocycles. The lowest BCUT2D eigenvalue weighted by molar-refractivity contribution is 0.199. The van der Waals surface area contributed by atoms with Crippen molar-refractivity contribution in [1.29, 1.82) is 0 Å². The van der Waals surface area contributed by atoms with Gasteiger partial charge in [-0.2, -0.15) is 0 Å². The molecule has 3 rings (SSSR count). The van der Waals surface area contributed by atoms with Gasteiger partial charge in [0.05, 0.1) is 17.3 Å². The van der Waals surface area contributed by atoms with E-state index in [1.807, 2.05) is 30.3 Å². The zero-order chi connectivity index (χ0) is 16.1. The van der Waals surface area contributed by atoms with Gasteiger partial charge in [-0.25, -0.2) is 4.99 Å². The van der Waals surface area contributed by atoms with Crippen molar-refractivity contribution in [2.24, 2.45) is 10.9 Å². The number of nitrogens with zero attached hydrogens (tertiary/aromatic N) is 1. The van der Waals surface area contributed by atoms with Gasteiger partial charge >= 0.3 is 0 Å². The van der Waals surface area contributed by atoms with Gasteiger partial charge in [-0.1, -0.05) is 42.8 Å². The summed E-state index contributed by atoms with van der Waals surface area (Å²) in [7, 11) is 0. The molecule has 0 heterocycles. The van der Waals surface area contributed by atoms with Gasteiger partial charge in [-0.15, -0.1) is 0 Å². The molecule has 2 aliphatic rings. The highest BCUT2D eigenvalue weighted by molar-refractivity contribution is 8.17. The third-order valence-corrected chi connectivity index (χ3v) is 5.39. The molecule has 0 aromatic heterocycles. The summed E-state index contributed by atoms with van der Waals surface area (Å²) >= 11 is 1.80. The Bertz CT molecular complexity index is 630. The van der Waals surface area contributed by atoms with Crippen LogP contribution in [0.4, 0.5) is 5.69 Å². The molecule has 1 unspecified atom stereocenters. The van der Waals surface area contributed by atoms with Gasteiger partial charge in [0, 0.05) is 10.8 Å². The van der Waals surface area contributed by atoms with Gasteiger partial charge in [0.2, 0.25) is 0 Å². The van der Waals surface area contributed by atoms with Crippen molar-refractivity contribution in [3.63, 3.8) is 0 Å². The maximum Gasteiger partial charge on any atom is 0.104 e. The smallest absolute Gasteiger partial charge is 0.104 e. The number of ether oxygens (including phenoxy) is 1. The highest BCUT2D eigenvalue weighted by Crippen LogP contribution is 2.45. The van der Waals surface area contributed by atoms with E-state index >= 15 is 0 Å². The van der Waals surface area contributed by atoms with Crippen LogP contribution in [0.5, 0.6) is 0 Å². The fourth-order valence-electron chi connectivity index (χ4n) is 3.39. The monoisotopic (exact) mass is 327 g/mol. The maximum atomic E-state index is 5.92. The number of benzene rings is 1. The van der Waals surface area contributed by atoms with Crippen LogP contribution < -0.4 is 0 Å². The number of allylic oxidation sites excluding steroid dienone is 2. The predicted molar refractivity (Wildman–Crippen MR) is 100 cm³/mol. The Morgan fingerprint density at radius 1 is 1.22 bits per heavy atom. The van der Waals surface area contributed by atoms with E-state index < -0.39 is 0 Å². The highest BCUT2D eigenvalue weighted by Gasteiger charge is 2.30. The van der Waals surface area contributed by atoms with Crippen LogP contribution in [0.3, 0.4) is 0 Å². The first kappa shape index (κ1) is 16.4. The number of para-hydroxylation sites is 1. The second-order valence-corrected chi connectivity index (χ2v) is 7.32. The molecule has 0 saturated heterocycles. The van der Waals surface area contributed by atoms with Crippen LogP contribution in [0.2, 0.25) is 0 Å². The van der Waals surface area contributed by atoms with E-state index in [0.29, 0.717) is 5.92 Å². The molecule has 0 radical (unpaired) electrons. The molecule has 1 atom stereocenters. The number of thioether (sulfide) groups is 1. The Labute approximate surface area is 143 Å². The molecule has 1 fully saturated rings. The van der Waals surface area contributed by atoms with Crippen LogP contribution in [0, 0.1) is 5.92 Å². The number of aliphatic imine (C=N–C) groups is 1. The molecule has 0 N–H and O–H groups in total. The summed E-state index contributed by atoms with van der Waals surface area (Å²) in [4.78, 5) is 6.10. The molecular weight excluding hydrogens is 302 g/mol. The summed E-state index contributed by atoms with van der Waals surface area (Å²) in [6.07, 6.45) is 8.67. The van der Waals surface area contributed by atoms with E-state index in [-0.39, 0.29) is 0 Å². The fourth-order valence-corrected chi connectivity index (χ4v) is 4.41. The maximum absolute atomic E-state index is 5.92. The Balaban J connectivity index is 1.81. The molecule has 0 amide bonds. The summed E-state index contributed by atoms with van der Waals surface area (Å²) in [5.74, 6) is 1.70. The second kappa shape index (κ2) is 7.87. The highest BCUT2D eigenvalue weighted by atomic mass is 32.2. The van der Waals surface area contributed by atoms with E-state index in [9.17, 15) is 0 Å². The zero-order valence-electron chi connectivity index (χ0n) is 14.0. The van der Waals surface area contributed by atoms with E-state index in [2.05, 4.69) is 19.9 Å². The summed E-state index contributed by atoms with van der Waals surface area (Å²) in [6, 6.07) is 10.2. The van der Waals surface area contributed by atoms with Gasteiger partial charge in [0.25, 0.3) is 0 Å². The van der Waals surface area contributed by atoms with Crippen LogP contribution in [0.25, 0.3) is 0 Å². The lowest BCUT2D eigenvalue weighted by atomic mass is 9.96. The number of fused-ring (bicyclic) bond motifs is 1. The molecule has 0 aliphatic heterocycles. The van der Waals surface area contributed by atoms with E-state index in [4.69, 9.17) is 9.73 Å². The van der Waals surface area contributed by atoms with Crippen molar-refractivity contribution >= 4 is 22.5 Å². The lowest BCUT2D eigenvalue weighted by Gasteiger charge is -2.16. The molecule has 2 nitrogen and oxygen atoms in total. The normalized spacial score (nSPS) is 21.7. The molecule has 122 valence electrons. The topological polar surface area (TPSA) is 21.6 Å². The summed E-state index contributed by atoms with van der Waals surface area (Å²) in [5, 5.41) is 1.09. The number of hydrogen-bond donors (Lipinski definition) is 0. The second-order valence-electron chi connectivity index (χ2n) is 6.09. The number of rotatable bonds is 4. The van der Waals surface area contributed by atoms with Crippen molar-refractivity contribution in [3.05, 3.63) is 52.6 Å². The Kier molecular flexibility index (Phi) is 5.60. The van der Waals surface area contributed by atoms with Crippen molar-refractivity contribution in [3.8, 4) is 0 Å². The van der Waals surface area contributed by atoms with Gasteiger partial charge in [-0.05, 0) is 56.9 Å². The molecule has 1 aromatic carbocycles. The molecule has 2 aliphatic carbocycles. The van der Waals surface area contributed by atoms with Crippen LogP contribution >= 0.6 is 11.8 Å². The van der Waals surface area contributed by atoms with Crippen molar-refractivity contribution in [1.82, 2.24) is 0 Å². The van der Waals surface area contributed by atoms with Crippen molar-refractivity contribution in [2.45, 2.75) is 46.0 Å². The zero-order valence-corrected chi connectivity index (χ0v) is 14.9. The van der Waals surface area contributed by atoms with Crippen molar-refractivity contribution < 1.29 is 4.74 Å². The molecule has 1 aromatic rings. The summed E-state index contributed by atoms with van der Waals surface area (Å²) < 4.78 is 5.92. The van der Waals surface area contributed by atoms with Crippen LogP contribution in [-0.4, -0.2) is 11.7 Å². The summed E-state index contributed by atoms with van der Waals surface area (Å²) in [6.45, 7) is 4.93. The lowest BCUT2D eigenvalue weighted by Crippen LogP contribution is -2.06. The van der Waals surface area contributed by atoms with Crippen molar-refractivity contribution in [2.75, 3.05) is 6.61 Å². The van der Waals surface area contributed by atoms with Gasteiger partial charge in [0.15, 0.2) is 0 Å². The molecular formula is C20H25NOS. The Morgan fingerprint density at radius 2 is 2.04 bits per heavy atom. The predicted octanol–water partition coefficient (Wildman–Crippen LogP) is 6.24. The Hall–Kier alpha value is -1.48. The summed E-state index contributed by atoms with van der Waals surface area (Å²) in [5.41, 5.74) is 2.60. The van der Waals surface area contributed by atoms with E-state index in [1.54, 1.807) is 17.3 Å². The minimum absolute atomic E-state index is 0.518. The first-order valence-electron chi connectivity index (χ1n) is 8.63. The first-order chi connectivity index (χ1) is 11.3. The average Bonchev–Trinajstić information content (AvgIpc) is 2.74. The molecule has 0 spiro atoms. The molecule has 23 heavy (non-hydrogen) atoms. The van der Waals surface area contributed by atoms with Gasteiger partial charge in [0.1, 0.15) is 5.76 Å². The molecule has 0 bridgehead atoms. The molecule has 3 heteroatoms. The quantitative estimate of drug-likeness (QED) is 0.482. The average molecular weight is 327 g/mol. The van der Waals surface area contributed by atoms with Crippen LogP contribution in [0.15, 0.2) is 57.6 Å². The largest absolute Gasteiger partial charge is 0.498 e. The number of hydrogen-bond acceptors (Lipinski definition) is 3. The van der Waals surface area contributed by atoms with Gasteiger partial charge < -0.3 is 4.74 Å². The third-order valence-electron chi connectivity index (χ3n) is 4.40. The van der Waals surface area contributed by atoms with Crippen LogP contribution in [0.1, 0.15) is 46.0 Å². The third kappa shape index (κ3) is 4.08. The standard InChI is InChI=1S/C20H25NOS/c1-3-22-19-14-20(18-13-9-5-8-12-17(18)19)23-15(2)21-16-10-6-4-7-11-16/h4,6-7,10-11,14,17H,3,5,8-9,12-13H2,1-2H3. The first-order valence-corrected chi connectivity index (χ1v) is 9.45. The minimum atomic E-state index is 0.518. The fraction of sp³-hybridized carbons (Fsp3) is 0.450. The minimum Gasteiger partial charge on any atom is -0.498 e. The van der Waals surface area contributed by atoms with E-state index in [1.165, 1.54) is 42.8 Å². The van der Waals surface area contributed by atoms with Crippen LogP contribution in [-0.2, 0) is 4.74 Å². The Morgan fingerprint density at radius 3 is 2.83 bits per heavy atom. The van der Waals surface area contributed by atoms with E-state index in [0.717, 1.165) is 17.3 Å². The SMILES string of the molecule is CCOC1=CC(SC(C)=Nc2ccccc2)=C2CCCCCC12.